The second-order valence-electron chi connectivity index (χ2n) is 15.9. The molecule has 204 valence electrons. The minimum absolute atomic E-state index is 0.0371. The van der Waals surface area contributed by atoms with Gasteiger partial charge in [-0.2, -0.15) is 0 Å². The summed E-state index contributed by atoms with van der Waals surface area (Å²) in [6.45, 7) is 22.9. The molecule has 0 bridgehead atoms. The first-order valence-electron chi connectivity index (χ1n) is 14.9. The van der Waals surface area contributed by atoms with Crippen molar-refractivity contribution in [1.82, 2.24) is 0 Å². The molecule has 4 aliphatic carbocycles. The standard InChI is InChI=1S/C33H54O3/c1-21-11-16-31(8)23-12-17-33(10)27(13-18-32(33,9)24(23)20-26(35)25(31)19-21)30(6,7)28(36-22(2)34)14-15-29(3,4)5/h20-21,23,25,27-28H,11-19H2,1-10H3/t21-,23?,25-,27+,28+,31+,32-,33+/m0/s1. The van der Waals surface area contributed by atoms with E-state index in [1.165, 1.54) is 31.3 Å². The van der Waals surface area contributed by atoms with Crippen molar-refractivity contribution in [3.63, 3.8) is 0 Å². The highest BCUT2D eigenvalue weighted by Gasteiger charge is 2.66. The third-order valence-electron chi connectivity index (χ3n) is 12.2. The quantitative estimate of drug-likeness (QED) is 0.357. The molecule has 0 spiro atoms. The zero-order valence-corrected chi connectivity index (χ0v) is 25.1. The van der Waals surface area contributed by atoms with Gasteiger partial charge in [0.25, 0.3) is 0 Å². The maximum Gasteiger partial charge on any atom is 0.302 e. The Kier molecular flexibility index (Phi) is 6.96. The maximum atomic E-state index is 13.6. The van der Waals surface area contributed by atoms with E-state index < -0.39 is 0 Å². The van der Waals surface area contributed by atoms with Crippen LogP contribution in [0.4, 0.5) is 0 Å². The summed E-state index contributed by atoms with van der Waals surface area (Å²) in [5, 5.41) is 0. The van der Waals surface area contributed by atoms with Gasteiger partial charge in [-0.25, -0.2) is 0 Å². The Labute approximate surface area is 221 Å². The molecule has 0 heterocycles. The van der Waals surface area contributed by atoms with Gasteiger partial charge < -0.3 is 4.74 Å². The molecule has 1 unspecified atom stereocenters. The average molecular weight is 499 g/mol. The fourth-order valence-corrected chi connectivity index (χ4v) is 9.67. The van der Waals surface area contributed by atoms with Crippen LogP contribution in [0.25, 0.3) is 0 Å². The number of fused-ring (bicyclic) bond motifs is 5. The molecule has 0 radical (unpaired) electrons. The van der Waals surface area contributed by atoms with Crippen LogP contribution < -0.4 is 0 Å². The lowest BCUT2D eigenvalue weighted by molar-refractivity contribution is -0.161. The molecule has 0 N–H and O–H groups in total. The van der Waals surface area contributed by atoms with Crippen LogP contribution in [0.15, 0.2) is 11.6 Å². The van der Waals surface area contributed by atoms with Gasteiger partial charge in [-0.3, -0.25) is 9.59 Å². The number of rotatable bonds is 5. The van der Waals surface area contributed by atoms with E-state index in [1.54, 1.807) is 6.92 Å². The fourth-order valence-electron chi connectivity index (χ4n) is 9.67. The molecule has 4 rings (SSSR count). The lowest BCUT2D eigenvalue weighted by Gasteiger charge is -2.62. The monoisotopic (exact) mass is 498 g/mol. The van der Waals surface area contributed by atoms with E-state index in [4.69, 9.17) is 4.74 Å². The molecule has 3 nitrogen and oxygen atoms in total. The van der Waals surface area contributed by atoms with Gasteiger partial charge in [-0.15, -0.1) is 0 Å². The zero-order chi connectivity index (χ0) is 26.9. The summed E-state index contributed by atoms with van der Waals surface area (Å²) in [7, 11) is 0. The topological polar surface area (TPSA) is 43.4 Å². The Balaban J connectivity index is 1.69. The number of hydrogen-bond donors (Lipinski definition) is 0. The smallest absolute Gasteiger partial charge is 0.302 e. The minimum Gasteiger partial charge on any atom is -0.462 e. The van der Waals surface area contributed by atoms with E-state index in [-0.39, 0.29) is 45.1 Å². The van der Waals surface area contributed by atoms with Crippen molar-refractivity contribution in [3.8, 4) is 0 Å². The Bertz CT molecular complexity index is 922. The first kappa shape index (κ1) is 27.9. The Hall–Kier alpha value is -1.12. The van der Waals surface area contributed by atoms with Crippen LogP contribution >= 0.6 is 0 Å². The zero-order valence-electron chi connectivity index (χ0n) is 25.1. The molecular weight excluding hydrogens is 444 g/mol. The largest absolute Gasteiger partial charge is 0.462 e. The van der Waals surface area contributed by atoms with Crippen LogP contribution in [-0.4, -0.2) is 17.9 Å². The maximum absolute atomic E-state index is 13.6. The number of carbonyl (C=O) groups is 2. The normalized spacial score (nSPS) is 41.6. The van der Waals surface area contributed by atoms with E-state index in [0.717, 1.165) is 32.1 Å². The molecule has 8 atom stereocenters. The SMILES string of the molecule is CC(=O)O[C@H](CCC(C)(C)C)C(C)(C)[C@H]1CC[C@@]2(C)C3=CC(=O)[C@@H]4C[C@@H](C)CC[C@]4(C)C3CC[C@]12C. The van der Waals surface area contributed by atoms with E-state index in [9.17, 15) is 9.59 Å². The highest BCUT2D eigenvalue weighted by molar-refractivity contribution is 5.94. The van der Waals surface area contributed by atoms with Gasteiger partial charge in [0.2, 0.25) is 0 Å². The summed E-state index contributed by atoms with van der Waals surface area (Å²) < 4.78 is 6.09. The minimum atomic E-state index is -0.164. The first-order valence-corrected chi connectivity index (χ1v) is 14.9. The van der Waals surface area contributed by atoms with E-state index in [0.29, 0.717) is 23.5 Å². The third kappa shape index (κ3) is 4.33. The Morgan fingerprint density at radius 1 is 1.03 bits per heavy atom. The second kappa shape index (κ2) is 8.98. The Morgan fingerprint density at radius 2 is 1.69 bits per heavy atom. The fraction of sp³-hybridized carbons (Fsp3) is 0.879. The molecule has 3 saturated carbocycles. The number of ketones is 1. The second-order valence-corrected chi connectivity index (χ2v) is 15.9. The molecular formula is C33H54O3. The van der Waals surface area contributed by atoms with Gasteiger partial charge >= 0.3 is 5.97 Å². The van der Waals surface area contributed by atoms with Crippen molar-refractivity contribution in [2.45, 2.75) is 133 Å². The molecule has 0 saturated heterocycles. The van der Waals surface area contributed by atoms with Crippen molar-refractivity contribution in [2.75, 3.05) is 0 Å². The van der Waals surface area contributed by atoms with Gasteiger partial charge in [-0.1, -0.05) is 74.3 Å². The van der Waals surface area contributed by atoms with Crippen LogP contribution in [0.1, 0.15) is 127 Å². The van der Waals surface area contributed by atoms with Gasteiger partial charge in [-0.05, 0) is 96.9 Å². The number of ether oxygens (including phenoxy) is 1. The molecule has 4 aliphatic rings. The van der Waals surface area contributed by atoms with Crippen molar-refractivity contribution >= 4 is 11.8 Å². The summed E-state index contributed by atoms with van der Waals surface area (Å²) in [4.78, 5) is 25.8. The van der Waals surface area contributed by atoms with Crippen LogP contribution in [-0.2, 0) is 14.3 Å². The summed E-state index contributed by atoms with van der Waals surface area (Å²) in [6.07, 6.45) is 12.2. The van der Waals surface area contributed by atoms with Gasteiger partial charge in [0.05, 0.1) is 0 Å². The highest BCUT2D eigenvalue weighted by Crippen LogP contribution is 2.73. The highest BCUT2D eigenvalue weighted by atomic mass is 16.5. The summed E-state index contributed by atoms with van der Waals surface area (Å²) >= 11 is 0. The lowest BCUT2D eigenvalue weighted by Crippen LogP contribution is -2.56. The van der Waals surface area contributed by atoms with Crippen molar-refractivity contribution in [1.29, 1.82) is 0 Å². The van der Waals surface area contributed by atoms with Crippen LogP contribution in [0.3, 0.4) is 0 Å². The van der Waals surface area contributed by atoms with E-state index in [1.807, 2.05) is 0 Å². The number of hydrogen-bond acceptors (Lipinski definition) is 3. The van der Waals surface area contributed by atoms with Gasteiger partial charge in [0.15, 0.2) is 5.78 Å². The molecule has 0 aromatic rings. The van der Waals surface area contributed by atoms with Crippen LogP contribution in [0.2, 0.25) is 0 Å². The molecule has 0 aromatic heterocycles. The predicted octanol–water partition coefficient (Wildman–Crippen LogP) is 8.55. The van der Waals surface area contributed by atoms with Gasteiger partial charge in [0, 0.05) is 18.3 Å². The first-order chi connectivity index (χ1) is 16.5. The third-order valence-corrected chi connectivity index (χ3v) is 12.2. The van der Waals surface area contributed by atoms with E-state index in [2.05, 4.69) is 68.4 Å². The summed E-state index contributed by atoms with van der Waals surface area (Å²) in [5.41, 5.74) is 1.82. The lowest BCUT2D eigenvalue weighted by atomic mass is 9.42. The number of allylic oxidation sites excluding steroid dienone is 2. The molecule has 0 amide bonds. The molecule has 3 fully saturated rings. The Morgan fingerprint density at radius 3 is 2.31 bits per heavy atom. The van der Waals surface area contributed by atoms with Crippen molar-refractivity contribution in [3.05, 3.63) is 11.6 Å². The van der Waals surface area contributed by atoms with Gasteiger partial charge in [0.1, 0.15) is 6.10 Å². The number of esters is 1. The molecule has 0 aliphatic heterocycles. The average Bonchev–Trinajstić information content (AvgIpc) is 3.04. The van der Waals surface area contributed by atoms with Crippen LogP contribution in [0.5, 0.6) is 0 Å². The van der Waals surface area contributed by atoms with Crippen molar-refractivity contribution < 1.29 is 14.3 Å². The predicted molar refractivity (Wildman–Crippen MR) is 147 cm³/mol. The molecule has 3 heteroatoms. The van der Waals surface area contributed by atoms with Crippen molar-refractivity contribution in [2.24, 2.45) is 50.7 Å². The molecule has 36 heavy (non-hydrogen) atoms. The summed E-state index contributed by atoms with van der Waals surface area (Å²) in [6, 6.07) is 0. The van der Waals surface area contributed by atoms with Crippen LogP contribution in [0, 0.1) is 50.7 Å². The van der Waals surface area contributed by atoms with E-state index >= 15 is 0 Å². The number of carbonyl (C=O) groups excluding carboxylic acids is 2. The molecule has 0 aromatic carbocycles. The summed E-state index contributed by atoms with van der Waals surface area (Å²) in [5.74, 6) is 2.11.